The Morgan fingerprint density at radius 3 is 2.96 bits per heavy atom. The zero-order valence-corrected chi connectivity index (χ0v) is 13.5. The van der Waals surface area contributed by atoms with Crippen LogP contribution in [0.4, 0.5) is 0 Å². The second kappa shape index (κ2) is 5.98. The summed E-state index contributed by atoms with van der Waals surface area (Å²) in [4.78, 5) is 13.6. The molecule has 0 bridgehead atoms. The van der Waals surface area contributed by atoms with Gasteiger partial charge >= 0.3 is 0 Å². The molecule has 0 fully saturated rings. The molecule has 4 rings (SSSR count). The van der Waals surface area contributed by atoms with Gasteiger partial charge < -0.3 is 14.3 Å². The summed E-state index contributed by atoms with van der Waals surface area (Å²) in [5, 5.41) is 2.06. The predicted molar refractivity (Wildman–Crippen MR) is 91.4 cm³/mol. The number of hydrogen-bond donors (Lipinski definition) is 1. The third-order valence-electron chi connectivity index (χ3n) is 3.82. The van der Waals surface area contributed by atoms with Crippen LogP contribution in [0, 0.1) is 0 Å². The average Bonchev–Trinajstić information content (AvgIpc) is 3.30. The van der Waals surface area contributed by atoms with Crippen LogP contribution in [-0.2, 0) is 11.3 Å². The van der Waals surface area contributed by atoms with Crippen LogP contribution in [0.25, 0.3) is 22.7 Å². The summed E-state index contributed by atoms with van der Waals surface area (Å²) in [5.74, 6) is 1.59. The smallest absolute Gasteiger partial charge is 0.176 e. The number of methoxy groups -OCH3 is 1. The summed E-state index contributed by atoms with van der Waals surface area (Å²) >= 11 is 1.70. The van der Waals surface area contributed by atoms with Gasteiger partial charge in [0.1, 0.15) is 6.10 Å². The van der Waals surface area contributed by atoms with E-state index in [0.29, 0.717) is 6.54 Å². The van der Waals surface area contributed by atoms with Gasteiger partial charge in [0.05, 0.1) is 17.6 Å². The third kappa shape index (κ3) is 2.67. The van der Waals surface area contributed by atoms with Gasteiger partial charge in [-0.25, -0.2) is 9.97 Å². The van der Waals surface area contributed by atoms with E-state index in [9.17, 15) is 0 Å². The molecule has 3 aromatic heterocycles. The highest BCUT2D eigenvalue weighted by Crippen LogP contribution is 2.26. The van der Waals surface area contributed by atoms with E-state index in [1.54, 1.807) is 24.6 Å². The van der Waals surface area contributed by atoms with Crippen LogP contribution >= 0.6 is 11.3 Å². The van der Waals surface area contributed by atoms with Gasteiger partial charge in [-0.2, -0.15) is 0 Å². The van der Waals surface area contributed by atoms with E-state index in [4.69, 9.17) is 4.74 Å². The van der Waals surface area contributed by atoms with Gasteiger partial charge in [0.15, 0.2) is 11.6 Å². The molecule has 0 saturated carbocycles. The third-order valence-corrected chi connectivity index (χ3v) is 4.79. The maximum Gasteiger partial charge on any atom is 0.176 e. The number of fused-ring (bicyclic) bond motifs is 1. The van der Waals surface area contributed by atoms with Gasteiger partial charge in [0.25, 0.3) is 0 Å². The van der Waals surface area contributed by atoms with Crippen LogP contribution in [0.5, 0.6) is 0 Å². The van der Waals surface area contributed by atoms with Crippen molar-refractivity contribution in [2.45, 2.75) is 12.6 Å². The molecule has 0 saturated heterocycles. The van der Waals surface area contributed by atoms with Crippen LogP contribution < -0.4 is 0 Å². The Morgan fingerprint density at radius 1 is 1.26 bits per heavy atom. The summed E-state index contributed by atoms with van der Waals surface area (Å²) in [7, 11) is 1.74. The van der Waals surface area contributed by atoms with Crippen LogP contribution in [0.1, 0.15) is 11.0 Å². The van der Waals surface area contributed by atoms with Gasteiger partial charge in [-0.3, -0.25) is 0 Å². The Balaban J connectivity index is 1.68. The second-order valence-electron chi connectivity index (χ2n) is 5.25. The van der Waals surface area contributed by atoms with E-state index in [1.165, 1.54) is 4.88 Å². The zero-order valence-electron chi connectivity index (χ0n) is 12.6. The highest BCUT2D eigenvalue weighted by Gasteiger charge is 2.17. The first-order chi connectivity index (χ1) is 11.3. The number of benzene rings is 1. The number of thiophene rings is 1. The molecule has 0 aliphatic heterocycles. The van der Waals surface area contributed by atoms with Gasteiger partial charge in [-0.15, -0.1) is 11.3 Å². The summed E-state index contributed by atoms with van der Waals surface area (Å²) < 4.78 is 7.72. The molecule has 0 radical (unpaired) electrons. The van der Waals surface area contributed by atoms with Crippen molar-refractivity contribution in [2.75, 3.05) is 7.11 Å². The fourth-order valence-corrected chi connectivity index (χ4v) is 3.46. The zero-order chi connectivity index (χ0) is 15.6. The monoisotopic (exact) mass is 324 g/mol. The molecule has 1 aromatic carbocycles. The maximum atomic E-state index is 5.65. The van der Waals surface area contributed by atoms with Crippen LogP contribution in [0.15, 0.2) is 54.2 Å². The largest absolute Gasteiger partial charge is 0.374 e. The first-order valence-corrected chi connectivity index (χ1v) is 8.25. The molecule has 0 unspecified atom stereocenters. The molecular weight excluding hydrogens is 308 g/mol. The summed E-state index contributed by atoms with van der Waals surface area (Å²) in [5.41, 5.74) is 1.96. The summed E-state index contributed by atoms with van der Waals surface area (Å²) in [6.45, 7) is 0.698. The molecular formula is C17H16N4OS. The number of aromatic nitrogens is 4. The number of H-pyrrole nitrogens is 1. The summed E-state index contributed by atoms with van der Waals surface area (Å²) in [6, 6.07) is 12.1. The van der Waals surface area contributed by atoms with Crippen LogP contribution in [-0.4, -0.2) is 26.6 Å². The number of nitrogens with one attached hydrogen (secondary N) is 1. The molecule has 1 atom stereocenters. The van der Waals surface area contributed by atoms with Crippen molar-refractivity contribution in [2.24, 2.45) is 0 Å². The van der Waals surface area contributed by atoms with Gasteiger partial charge in [0, 0.05) is 24.4 Å². The van der Waals surface area contributed by atoms with E-state index >= 15 is 0 Å². The second-order valence-corrected chi connectivity index (χ2v) is 6.22. The van der Waals surface area contributed by atoms with Crippen molar-refractivity contribution < 1.29 is 4.74 Å². The number of hydrogen-bond acceptors (Lipinski definition) is 4. The van der Waals surface area contributed by atoms with Crippen molar-refractivity contribution in [3.05, 3.63) is 59.0 Å². The van der Waals surface area contributed by atoms with Crippen molar-refractivity contribution in [3.8, 4) is 11.6 Å². The topological polar surface area (TPSA) is 55.7 Å². The number of ether oxygens (including phenoxy) is 1. The lowest BCUT2D eigenvalue weighted by atomic mass is 10.3. The summed E-state index contributed by atoms with van der Waals surface area (Å²) in [6.07, 6.45) is 3.76. The molecule has 5 nitrogen and oxygen atoms in total. The van der Waals surface area contributed by atoms with Gasteiger partial charge in [0.2, 0.25) is 0 Å². The minimum absolute atomic E-state index is 0.00679. The lowest BCUT2D eigenvalue weighted by Crippen LogP contribution is -2.10. The highest BCUT2D eigenvalue weighted by atomic mass is 32.1. The SMILES string of the molecule is CO[C@@H](Cn1ccnc1-c1nc2ccccc2[nH]1)c1cccs1. The lowest BCUT2D eigenvalue weighted by Gasteiger charge is -2.15. The van der Waals surface area contributed by atoms with E-state index < -0.39 is 0 Å². The number of rotatable bonds is 5. The fourth-order valence-electron chi connectivity index (χ4n) is 2.67. The van der Waals surface area contributed by atoms with Gasteiger partial charge in [-0.1, -0.05) is 18.2 Å². The van der Waals surface area contributed by atoms with Gasteiger partial charge in [-0.05, 0) is 23.6 Å². The number of para-hydroxylation sites is 2. The Morgan fingerprint density at radius 2 is 2.17 bits per heavy atom. The highest BCUT2D eigenvalue weighted by molar-refractivity contribution is 7.10. The van der Waals surface area contributed by atoms with E-state index in [0.717, 1.165) is 22.7 Å². The van der Waals surface area contributed by atoms with Crippen molar-refractivity contribution in [1.82, 2.24) is 19.5 Å². The molecule has 1 N–H and O–H groups in total. The molecule has 0 amide bonds. The number of imidazole rings is 2. The minimum atomic E-state index is 0.00679. The molecule has 3 heterocycles. The molecule has 0 spiro atoms. The molecule has 0 aliphatic carbocycles. The maximum absolute atomic E-state index is 5.65. The van der Waals surface area contributed by atoms with Crippen LogP contribution in [0.2, 0.25) is 0 Å². The molecule has 23 heavy (non-hydrogen) atoms. The quantitative estimate of drug-likeness (QED) is 0.606. The minimum Gasteiger partial charge on any atom is -0.374 e. The Hall–Kier alpha value is -2.44. The molecule has 4 aromatic rings. The predicted octanol–water partition coefficient (Wildman–Crippen LogP) is 3.88. The van der Waals surface area contributed by atoms with E-state index in [1.807, 2.05) is 36.5 Å². The van der Waals surface area contributed by atoms with E-state index in [-0.39, 0.29) is 6.10 Å². The molecule has 116 valence electrons. The normalized spacial score (nSPS) is 12.7. The Kier molecular flexibility index (Phi) is 3.69. The van der Waals surface area contributed by atoms with Crippen LogP contribution in [0.3, 0.4) is 0 Å². The van der Waals surface area contributed by atoms with Crippen molar-refractivity contribution in [1.29, 1.82) is 0 Å². The standard InChI is InChI=1S/C17H16N4OS/c1-22-14(15-7-4-10-23-15)11-21-9-8-18-17(21)16-19-12-5-2-3-6-13(12)20-16/h2-10,14H,11H2,1H3,(H,19,20)/t14-/m0/s1. The Labute approximate surface area is 137 Å². The van der Waals surface area contributed by atoms with Crippen molar-refractivity contribution >= 4 is 22.4 Å². The Bertz CT molecular complexity index is 877. The van der Waals surface area contributed by atoms with E-state index in [2.05, 4.69) is 31.0 Å². The fraction of sp³-hybridized carbons (Fsp3) is 0.176. The number of nitrogens with zero attached hydrogens (tertiary/aromatic N) is 3. The molecule has 6 heteroatoms. The average molecular weight is 324 g/mol. The first kappa shape index (κ1) is 14.2. The molecule has 0 aliphatic rings. The lowest BCUT2D eigenvalue weighted by molar-refractivity contribution is 0.0911. The first-order valence-electron chi connectivity index (χ1n) is 7.37. The van der Waals surface area contributed by atoms with Crippen molar-refractivity contribution in [3.63, 3.8) is 0 Å². The number of aromatic amines is 1.